The summed E-state index contributed by atoms with van der Waals surface area (Å²) < 4.78 is 18.1. The fourth-order valence-corrected chi connectivity index (χ4v) is 10.5. The lowest BCUT2D eigenvalue weighted by Crippen LogP contribution is -2.65. The van der Waals surface area contributed by atoms with Crippen LogP contribution in [0.5, 0.6) is 0 Å². The Balaban J connectivity index is 1.97. The molecule has 7 nitrogen and oxygen atoms in total. The van der Waals surface area contributed by atoms with Crippen LogP contribution in [-0.4, -0.2) is 44.8 Å². The second-order valence-electron chi connectivity index (χ2n) is 9.59. The van der Waals surface area contributed by atoms with Crippen molar-refractivity contribution in [2.45, 2.75) is 103 Å². The summed E-state index contributed by atoms with van der Waals surface area (Å²) >= 11 is 0. The largest absolute Gasteiger partial charge is 0.445 e. The number of alkyl carbamates (subject to hydrolysis) is 1. The molecule has 0 aliphatic carbocycles. The number of carbonyl (C=O) groups is 2. The molecule has 0 unspecified atom stereocenters. The van der Waals surface area contributed by atoms with Gasteiger partial charge in [0.25, 0.3) is 0 Å². The third kappa shape index (κ3) is 6.11. The van der Waals surface area contributed by atoms with Gasteiger partial charge in [0.1, 0.15) is 12.6 Å². The average Bonchev–Trinajstić information content (AvgIpc) is 2.72. The number of carbonyl (C=O) groups excluding carboxylic acids is 2. The summed E-state index contributed by atoms with van der Waals surface area (Å²) in [6, 6.07) is 8.55. The summed E-state index contributed by atoms with van der Waals surface area (Å²) in [5, 5.41) is 5.50. The van der Waals surface area contributed by atoms with Crippen LogP contribution in [-0.2, 0) is 25.3 Å². The van der Waals surface area contributed by atoms with E-state index in [0.717, 1.165) is 5.56 Å². The van der Waals surface area contributed by atoms with Gasteiger partial charge in [-0.1, -0.05) is 71.9 Å². The zero-order chi connectivity index (χ0) is 24.1. The summed E-state index contributed by atoms with van der Waals surface area (Å²) in [5.74, 6) is -0.299. The minimum atomic E-state index is -2.13. The van der Waals surface area contributed by atoms with Gasteiger partial charge in [-0.25, -0.2) is 4.79 Å². The van der Waals surface area contributed by atoms with E-state index in [2.05, 4.69) is 52.2 Å². The first-order valence-corrected chi connectivity index (χ1v) is 13.7. The van der Waals surface area contributed by atoms with Crippen LogP contribution in [0.15, 0.2) is 30.3 Å². The van der Waals surface area contributed by atoms with Crippen LogP contribution >= 0.6 is 0 Å². The molecule has 1 aromatic carbocycles. The molecule has 1 aliphatic heterocycles. The van der Waals surface area contributed by atoms with Crippen LogP contribution in [0.4, 0.5) is 4.79 Å². The fraction of sp³-hybridized carbons (Fsp3) is 0.667. The number of hydrogen-bond donors (Lipinski definition) is 2. The minimum absolute atomic E-state index is 0.135. The Hall–Kier alpha value is -1.90. The molecule has 4 atom stereocenters. The first-order chi connectivity index (χ1) is 15.0. The summed E-state index contributed by atoms with van der Waals surface area (Å²) in [5.41, 5.74) is 2.15. The standard InChI is InChI=1S/C24H40N2O5Si/c1-15(2)32(16(3)4,17(5)6)31-19(8)23-26-22(27)21(18(7)30-23)25-24(28)29-14-20-12-10-9-11-13-20/h9-13,15-19,21,23H,14H2,1-8H3,(H,25,28)(H,26,27)/t18-,19-,21+,23+/m0/s1. The van der Waals surface area contributed by atoms with Gasteiger partial charge in [0.05, 0.1) is 12.2 Å². The van der Waals surface area contributed by atoms with E-state index >= 15 is 0 Å². The molecular weight excluding hydrogens is 424 g/mol. The third-order valence-electron chi connectivity index (χ3n) is 6.41. The van der Waals surface area contributed by atoms with Gasteiger partial charge in [-0.05, 0) is 36.0 Å². The molecular formula is C24H40N2O5Si. The SMILES string of the molecule is CC(C)[Si](O[C@@H](C)[C@@H]1NC(=O)[C@H](NC(=O)OCc2ccccc2)[C@H](C)O1)(C(C)C)C(C)C. The monoisotopic (exact) mass is 464 g/mol. The topological polar surface area (TPSA) is 85.9 Å². The molecule has 0 radical (unpaired) electrons. The highest BCUT2D eigenvalue weighted by atomic mass is 28.4. The Labute approximate surface area is 193 Å². The number of hydrogen-bond acceptors (Lipinski definition) is 5. The second-order valence-corrected chi connectivity index (χ2v) is 15.0. The van der Waals surface area contributed by atoms with E-state index in [4.69, 9.17) is 13.9 Å². The molecule has 0 aromatic heterocycles. The summed E-state index contributed by atoms with van der Waals surface area (Å²) in [7, 11) is -2.13. The fourth-order valence-electron chi connectivity index (χ4n) is 4.88. The molecule has 1 heterocycles. The maximum absolute atomic E-state index is 12.8. The van der Waals surface area contributed by atoms with Crippen LogP contribution < -0.4 is 10.6 Å². The van der Waals surface area contributed by atoms with Crippen molar-refractivity contribution in [2.24, 2.45) is 0 Å². The van der Waals surface area contributed by atoms with E-state index in [1.807, 2.05) is 37.3 Å². The molecule has 0 saturated carbocycles. The Morgan fingerprint density at radius 2 is 1.62 bits per heavy atom. The Bertz CT molecular complexity index is 734. The van der Waals surface area contributed by atoms with Gasteiger partial charge in [-0.3, -0.25) is 4.79 Å². The first kappa shape index (κ1) is 26.4. The molecule has 180 valence electrons. The van der Waals surface area contributed by atoms with Crippen molar-refractivity contribution in [1.82, 2.24) is 10.6 Å². The van der Waals surface area contributed by atoms with E-state index in [1.165, 1.54) is 0 Å². The third-order valence-corrected chi connectivity index (χ3v) is 12.6. The van der Waals surface area contributed by atoms with Crippen molar-refractivity contribution in [1.29, 1.82) is 0 Å². The molecule has 8 heteroatoms. The molecule has 32 heavy (non-hydrogen) atoms. The highest BCUT2D eigenvalue weighted by Gasteiger charge is 2.48. The van der Waals surface area contributed by atoms with Crippen LogP contribution in [0.25, 0.3) is 0 Å². The molecule has 1 fully saturated rings. The van der Waals surface area contributed by atoms with E-state index in [0.29, 0.717) is 16.6 Å². The Morgan fingerprint density at radius 1 is 1.06 bits per heavy atom. The van der Waals surface area contributed by atoms with Crippen LogP contribution in [0.1, 0.15) is 61.0 Å². The maximum atomic E-state index is 12.8. The normalized spacial score (nSPS) is 22.7. The van der Waals surface area contributed by atoms with Gasteiger partial charge in [-0.15, -0.1) is 0 Å². The molecule has 2 N–H and O–H groups in total. The lowest BCUT2D eigenvalue weighted by Gasteiger charge is -2.46. The molecule has 1 aliphatic rings. The van der Waals surface area contributed by atoms with E-state index in [1.54, 1.807) is 6.92 Å². The lowest BCUT2D eigenvalue weighted by atomic mass is 10.1. The van der Waals surface area contributed by atoms with Crippen molar-refractivity contribution in [3.05, 3.63) is 35.9 Å². The highest BCUT2D eigenvalue weighted by molar-refractivity contribution is 6.77. The molecule has 1 saturated heterocycles. The second kappa shape index (κ2) is 11.3. The van der Waals surface area contributed by atoms with Gasteiger partial charge in [0.2, 0.25) is 14.2 Å². The van der Waals surface area contributed by atoms with Gasteiger partial charge in [0, 0.05) is 0 Å². The van der Waals surface area contributed by atoms with Crippen LogP contribution in [0.3, 0.4) is 0 Å². The van der Waals surface area contributed by atoms with Gasteiger partial charge < -0.3 is 24.5 Å². The minimum Gasteiger partial charge on any atom is -0.445 e. The zero-order valence-corrected chi connectivity index (χ0v) is 21.7. The molecule has 0 bridgehead atoms. The first-order valence-electron chi connectivity index (χ1n) is 11.6. The van der Waals surface area contributed by atoms with Gasteiger partial charge in [0.15, 0.2) is 6.23 Å². The number of benzene rings is 1. The molecule has 2 rings (SSSR count). The highest BCUT2D eigenvalue weighted by Crippen LogP contribution is 2.43. The number of nitrogens with one attached hydrogen (secondary N) is 2. The summed E-state index contributed by atoms with van der Waals surface area (Å²) in [6.07, 6.45) is -2.04. The molecule has 1 aromatic rings. The summed E-state index contributed by atoms with van der Waals surface area (Å²) in [6.45, 7) is 17.2. The maximum Gasteiger partial charge on any atom is 0.408 e. The van der Waals surface area contributed by atoms with Crippen LogP contribution in [0, 0.1) is 0 Å². The Kier molecular flexibility index (Phi) is 9.30. The number of rotatable bonds is 9. The predicted octanol–water partition coefficient (Wildman–Crippen LogP) is 4.72. The predicted molar refractivity (Wildman–Crippen MR) is 128 cm³/mol. The van der Waals surface area contributed by atoms with E-state index in [-0.39, 0.29) is 18.6 Å². The van der Waals surface area contributed by atoms with Crippen molar-refractivity contribution in [3.8, 4) is 0 Å². The smallest absolute Gasteiger partial charge is 0.408 e. The van der Waals surface area contributed by atoms with Crippen LogP contribution in [0.2, 0.25) is 16.6 Å². The zero-order valence-electron chi connectivity index (χ0n) is 20.7. The van der Waals surface area contributed by atoms with E-state index < -0.39 is 32.8 Å². The number of ether oxygens (including phenoxy) is 2. The number of amides is 2. The van der Waals surface area contributed by atoms with Gasteiger partial charge in [-0.2, -0.15) is 0 Å². The summed E-state index contributed by atoms with van der Waals surface area (Å²) in [4.78, 5) is 25.0. The van der Waals surface area contributed by atoms with Gasteiger partial charge >= 0.3 is 6.09 Å². The van der Waals surface area contributed by atoms with Crippen molar-refractivity contribution in [3.63, 3.8) is 0 Å². The Morgan fingerprint density at radius 3 is 2.12 bits per heavy atom. The lowest BCUT2D eigenvalue weighted by molar-refractivity contribution is -0.155. The van der Waals surface area contributed by atoms with Crippen molar-refractivity contribution >= 4 is 20.3 Å². The van der Waals surface area contributed by atoms with Crippen molar-refractivity contribution in [2.75, 3.05) is 0 Å². The quantitative estimate of drug-likeness (QED) is 0.516. The average molecular weight is 465 g/mol. The van der Waals surface area contributed by atoms with Crippen molar-refractivity contribution < 1.29 is 23.5 Å². The van der Waals surface area contributed by atoms with E-state index in [9.17, 15) is 9.59 Å². The molecule has 2 amide bonds. The molecule has 0 spiro atoms.